The van der Waals surface area contributed by atoms with E-state index in [9.17, 15) is 0 Å². The van der Waals surface area contributed by atoms with Gasteiger partial charge in [-0.15, -0.1) is 10.2 Å². The Kier molecular flexibility index (Phi) is 3.33. The van der Waals surface area contributed by atoms with Crippen LogP contribution in [-0.4, -0.2) is 19.7 Å². The van der Waals surface area contributed by atoms with E-state index in [1.54, 1.807) is 6.33 Å². The van der Waals surface area contributed by atoms with Crippen LogP contribution in [-0.2, 0) is 0 Å². The van der Waals surface area contributed by atoms with Crippen molar-refractivity contribution in [3.8, 4) is 11.5 Å². The van der Waals surface area contributed by atoms with Gasteiger partial charge < -0.3 is 4.57 Å². The first-order valence-electron chi connectivity index (χ1n) is 5.24. The molecule has 2 aromatic heterocycles. The summed E-state index contributed by atoms with van der Waals surface area (Å²) in [5, 5.41) is 8.08. The van der Waals surface area contributed by atoms with Gasteiger partial charge in [-0.3, -0.25) is 0 Å². The zero-order valence-electron chi connectivity index (χ0n) is 9.26. The quantitative estimate of drug-likeness (QED) is 0.812. The molecular formula is C11H13BrN4. The molecule has 0 spiro atoms. The molecule has 0 aliphatic carbocycles. The predicted octanol–water partition coefficient (Wildman–Crippen LogP) is 3.07. The standard InChI is InChI=1S/C11H13BrN4/c1-3-8(2)16-7-13-15-11(16)9-5-4-6-10(12)14-9/h4-8H,3H2,1-2H3. The summed E-state index contributed by atoms with van der Waals surface area (Å²) in [4.78, 5) is 4.39. The van der Waals surface area contributed by atoms with Crippen LogP contribution in [0, 0.1) is 0 Å². The predicted molar refractivity (Wildman–Crippen MR) is 66.0 cm³/mol. The van der Waals surface area contributed by atoms with Gasteiger partial charge in [-0.05, 0) is 41.4 Å². The molecule has 1 atom stereocenters. The number of rotatable bonds is 3. The van der Waals surface area contributed by atoms with Crippen LogP contribution in [0.25, 0.3) is 11.5 Å². The molecule has 0 aliphatic rings. The monoisotopic (exact) mass is 280 g/mol. The highest BCUT2D eigenvalue weighted by atomic mass is 79.9. The summed E-state index contributed by atoms with van der Waals surface area (Å²) in [6, 6.07) is 6.16. The van der Waals surface area contributed by atoms with Crippen molar-refractivity contribution in [2.45, 2.75) is 26.3 Å². The summed E-state index contributed by atoms with van der Waals surface area (Å²) < 4.78 is 2.86. The van der Waals surface area contributed by atoms with Crippen LogP contribution < -0.4 is 0 Å². The number of hydrogen-bond donors (Lipinski definition) is 0. The van der Waals surface area contributed by atoms with Crippen molar-refractivity contribution in [3.63, 3.8) is 0 Å². The lowest BCUT2D eigenvalue weighted by atomic mass is 10.2. The van der Waals surface area contributed by atoms with Gasteiger partial charge in [0.05, 0.1) is 0 Å². The van der Waals surface area contributed by atoms with Gasteiger partial charge in [-0.25, -0.2) is 4.98 Å². The van der Waals surface area contributed by atoms with E-state index in [0.29, 0.717) is 6.04 Å². The highest BCUT2D eigenvalue weighted by molar-refractivity contribution is 9.10. The molecular weight excluding hydrogens is 268 g/mol. The summed E-state index contributed by atoms with van der Waals surface area (Å²) >= 11 is 3.36. The Morgan fingerprint density at radius 1 is 1.44 bits per heavy atom. The average molecular weight is 281 g/mol. The maximum atomic E-state index is 4.39. The summed E-state index contributed by atoms with van der Waals surface area (Å²) in [5.74, 6) is 0.815. The van der Waals surface area contributed by atoms with Gasteiger partial charge in [0.2, 0.25) is 0 Å². The Morgan fingerprint density at radius 3 is 2.94 bits per heavy atom. The summed E-state index contributed by atoms with van der Waals surface area (Å²) in [5.41, 5.74) is 0.840. The zero-order valence-corrected chi connectivity index (χ0v) is 10.8. The largest absolute Gasteiger partial charge is 0.309 e. The van der Waals surface area contributed by atoms with Crippen LogP contribution in [0.1, 0.15) is 26.3 Å². The maximum absolute atomic E-state index is 4.39. The minimum Gasteiger partial charge on any atom is -0.309 e. The first kappa shape index (κ1) is 11.3. The molecule has 0 saturated carbocycles. The second-order valence-electron chi connectivity index (χ2n) is 3.66. The fraction of sp³-hybridized carbons (Fsp3) is 0.364. The lowest BCUT2D eigenvalue weighted by Crippen LogP contribution is -2.05. The second kappa shape index (κ2) is 4.74. The number of pyridine rings is 1. The smallest absolute Gasteiger partial charge is 0.182 e. The molecule has 16 heavy (non-hydrogen) atoms. The van der Waals surface area contributed by atoms with Crippen LogP contribution in [0.5, 0.6) is 0 Å². The fourth-order valence-corrected chi connectivity index (χ4v) is 1.82. The van der Waals surface area contributed by atoms with Crippen molar-refractivity contribution in [2.24, 2.45) is 0 Å². The summed E-state index contributed by atoms with van der Waals surface area (Å²) in [6.07, 6.45) is 2.80. The van der Waals surface area contributed by atoms with Gasteiger partial charge in [0.15, 0.2) is 5.82 Å². The van der Waals surface area contributed by atoms with Crippen LogP contribution in [0.3, 0.4) is 0 Å². The molecule has 4 nitrogen and oxygen atoms in total. The molecule has 0 radical (unpaired) electrons. The Bertz CT molecular complexity index is 480. The molecule has 0 N–H and O–H groups in total. The molecule has 0 bridgehead atoms. The molecule has 84 valence electrons. The normalized spacial score (nSPS) is 12.7. The van der Waals surface area contributed by atoms with Crippen LogP contribution >= 0.6 is 15.9 Å². The maximum Gasteiger partial charge on any atom is 0.182 e. The molecule has 2 rings (SSSR count). The Morgan fingerprint density at radius 2 is 2.25 bits per heavy atom. The Hall–Kier alpha value is -1.23. The van der Waals surface area contributed by atoms with Gasteiger partial charge in [0, 0.05) is 6.04 Å². The van der Waals surface area contributed by atoms with Crippen LogP contribution in [0.15, 0.2) is 29.1 Å². The topological polar surface area (TPSA) is 43.6 Å². The zero-order chi connectivity index (χ0) is 11.5. The average Bonchev–Trinajstić information content (AvgIpc) is 2.77. The molecule has 2 aromatic rings. The molecule has 0 fully saturated rings. The highest BCUT2D eigenvalue weighted by Crippen LogP contribution is 2.21. The van der Waals surface area contributed by atoms with Gasteiger partial charge in [-0.2, -0.15) is 0 Å². The highest BCUT2D eigenvalue weighted by Gasteiger charge is 2.12. The second-order valence-corrected chi connectivity index (χ2v) is 4.48. The van der Waals surface area contributed by atoms with Gasteiger partial charge in [-0.1, -0.05) is 13.0 Å². The summed E-state index contributed by atoms with van der Waals surface area (Å²) in [7, 11) is 0. The van der Waals surface area contributed by atoms with Gasteiger partial charge in [0.25, 0.3) is 0 Å². The van der Waals surface area contributed by atoms with Crippen molar-refractivity contribution < 1.29 is 0 Å². The number of hydrogen-bond acceptors (Lipinski definition) is 3. The van der Waals surface area contributed by atoms with Gasteiger partial charge >= 0.3 is 0 Å². The Balaban J connectivity index is 2.44. The molecule has 5 heteroatoms. The minimum atomic E-state index is 0.380. The van der Waals surface area contributed by atoms with E-state index in [2.05, 4.69) is 49.5 Å². The van der Waals surface area contributed by atoms with E-state index in [1.165, 1.54) is 0 Å². The van der Waals surface area contributed by atoms with Gasteiger partial charge in [0.1, 0.15) is 16.6 Å². The van der Waals surface area contributed by atoms with E-state index in [1.807, 2.05) is 18.2 Å². The molecule has 0 saturated heterocycles. The Labute approximate surface area is 103 Å². The SMILES string of the molecule is CCC(C)n1cnnc1-c1cccc(Br)n1. The summed E-state index contributed by atoms with van der Waals surface area (Å²) in [6.45, 7) is 4.29. The molecule has 0 amide bonds. The van der Waals surface area contributed by atoms with Crippen molar-refractivity contribution >= 4 is 15.9 Å². The lowest BCUT2D eigenvalue weighted by molar-refractivity contribution is 0.533. The first-order valence-corrected chi connectivity index (χ1v) is 6.04. The first-order chi connectivity index (χ1) is 7.72. The van der Waals surface area contributed by atoms with Crippen molar-refractivity contribution in [2.75, 3.05) is 0 Å². The van der Waals surface area contributed by atoms with E-state index < -0.39 is 0 Å². The van der Waals surface area contributed by atoms with E-state index >= 15 is 0 Å². The third kappa shape index (κ3) is 2.14. The fourth-order valence-electron chi connectivity index (χ4n) is 1.48. The minimum absolute atomic E-state index is 0.380. The van der Waals surface area contributed by atoms with Crippen LogP contribution in [0.2, 0.25) is 0 Å². The molecule has 0 aromatic carbocycles. The van der Waals surface area contributed by atoms with E-state index in [0.717, 1.165) is 22.5 Å². The van der Waals surface area contributed by atoms with E-state index in [-0.39, 0.29) is 0 Å². The van der Waals surface area contributed by atoms with Crippen molar-refractivity contribution in [1.82, 2.24) is 19.7 Å². The molecule has 0 aliphatic heterocycles. The van der Waals surface area contributed by atoms with Crippen molar-refractivity contribution in [3.05, 3.63) is 29.1 Å². The number of aromatic nitrogens is 4. The van der Waals surface area contributed by atoms with Crippen molar-refractivity contribution in [1.29, 1.82) is 0 Å². The lowest BCUT2D eigenvalue weighted by Gasteiger charge is -2.12. The van der Waals surface area contributed by atoms with Crippen LogP contribution in [0.4, 0.5) is 0 Å². The third-order valence-electron chi connectivity index (χ3n) is 2.58. The number of nitrogens with zero attached hydrogens (tertiary/aromatic N) is 4. The third-order valence-corrected chi connectivity index (χ3v) is 3.02. The molecule has 2 heterocycles. The van der Waals surface area contributed by atoms with E-state index in [4.69, 9.17) is 0 Å². The number of halogens is 1. The molecule has 1 unspecified atom stereocenters.